The standard InChI is InChI=1S/C26H32O2/c1-15-5-21(27)6-16(2)23(15)25-10-19-9-20(11-25)13-26(12-19,14-25)24-17(3)7-22(28)8-18(24)4/h5-8,19-20,27-28H,9-14H2,1-4H3. The lowest BCUT2D eigenvalue weighted by molar-refractivity contribution is -0.0291. The minimum atomic E-state index is 0.239. The second kappa shape index (κ2) is 5.78. The van der Waals surface area contributed by atoms with E-state index in [1.54, 1.807) is 0 Å². The SMILES string of the molecule is Cc1cc(O)cc(C)c1C12CC3CC(C1)CC(c1c(C)cc(O)cc1C)(C3)C2. The van der Waals surface area contributed by atoms with Gasteiger partial charge in [0.2, 0.25) is 0 Å². The van der Waals surface area contributed by atoms with Crippen LogP contribution in [0.25, 0.3) is 0 Å². The summed E-state index contributed by atoms with van der Waals surface area (Å²) in [6.45, 7) is 8.74. The zero-order chi connectivity index (χ0) is 19.8. The van der Waals surface area contributed by atoms with Gasteiger partial charge < -0.3 is 10.2 Å². The first-order valence-electron chi connectivity index (χ1n) is 10.8. The molecular formula is C26H32O2. The molecular weight excluding hydrogens is 344 g/mol. The molecule has 2 heteroatoms. The predicted molar refractivity (Wildman–Crippen MR) is 113 cm³/mol. The number of aryl methyl sites for hydroxylation is 4. The van der Waals surface area contributed by atoms with Gasteiger partial charge in [-0.3, -0.25) is 0 Å². The quantitative estimate of drug-likeness (QED) is 0.663. The summed E-state index contributed by atoms with van der Waals surface area (Å²) < 4.78 is 0. The molecule has 6 rings (SSSR count). The third kappa shape index (κ3) is 2.46. The molecule has 4 aliphatic carbocycles. The number of hydrogen-bond donors (Lipinski definition) is 2. The second-order valence-corrected chi connectivity index (χ2v) is 10.4. The third-order valence-corrected chi connectivity index (χ3v) is 8.16. The Kier molecular flexibility index (Phi) is 3.73. The van der Waals surface area contributed by atoms with Gasteiger partial charge in [-0.05, 0) is 147 Å². The Morgan fingerprint density at radius 1 is 0.643 bits per heavy atom. The Balaban J connectivity index is 1.69. The summed E-state index contributed by atoms with van der Waals surface area (Å²) in [5, 5.41) is 20.2. The number of rotatable bonds is 2. The highest BCUT2D eigenvalue weighted by Crippen LogP contribution is 2.67. The zero-order valence-corrected chi connectivity index (χ0v) is 17.6. The number of phenolic OH excluding ortho intramolecular Hbond substituents is 2. The highest BCUT2D eigenvalue weighted by atomic mass is 16.3. The van der Waals surface area contributed by atoms with Gasteiger partial charge in [0.25, 0.3) is 0 Å². The van der Waals surface area contributed by atoms with E-state index in [0.29, 0.717) is 11.5 Å². The molecule has 0 radical (unpaired) electrons. The van der Waals surface area contributed by atoms with E-state index in [2.05, 4.69) is 27.7 Å². The van der Waals surface area contributed by atoms with E-state index in [4.69, 9.17) is 0 Å². The smallest absolute Gasteiger partial charge is 0.116 e. The second-order valence-electron chi connectivity index (χ2n) is 10.4. The molecule has 4 bridgehead atoms. The summed E-state index contributed by atoms with van der Waals surface area (Å²) in [5.41, 5.74) is 8.53. The minimum Gasteiger partial charge on any atom is -0.508 e. The Labute approximate surface area is 168 Å². The van der Waals surface area contributed by atoms with Crippen LogP contribution in [0.2, 0.25) is 0 Å². The van der Waals surface area contributed by atoms with Gasteiger partial charge in [0.1, 0.15) is 11.5 Å². The Bertz CT molecular complexity index is 835. The molecule has 0 atom stereocenters. The fourth-order valence-electron chi connectivity index (χ4n) is 8.40. The predicted octanol–water partition coefficient (Wildman–Crippen LogP) is 6.12. The average Bonchev–Trinajstić information content (AvgIpc) is 2.50. The summed E-state index contributed by atoms with van der Waals surface area (Å²) in [7, 11) is 0. The first-order chi connectivity index (χ1) is 13.2. The summed E-state index contributed by atoms with van der Waals surface area (Å²) in [6.07, 6.45) is 7.80. The topological polar surface area (TPSA) is 40.5 Å². The lowest BCUT2D eigenvalue weighted by Crippen LogP contribution is -2.56. The van der Waals surface area contributed by atoms with E-state index in [1.807, 2.05) is 24.3 Å². The molecule has 2 N–H and O–H groups in total. The van der Waals surface area contributed by atoms with Gasteiger partial charge in [-0.25, -0.2) is 0 Å². The Hall–Kier alpha value is -1.96. The van der Waals surface area contributed by atoms with Crippen molar-refractivity contribution in [1.82, 2.24) is 0 Å². The number of aromatic hydroxyl groups is 2. The van der Waals surface area contributed by atoms with Crippen molar-refractivity contribution in [2.75, 3.05) is 0 Å². The lowest BCUT2D eigenvalue weighted by Gasteiger charge is -2.63. The summed E-state index contributed by atoms with van der Waals surface area (Å²) in [5.74, 6) is 2.37. The van der Waals surface area contributed by atoms with Gasteiger partial charge in [-0.1, -0.05) is 0 Å². The fraction of sp³-hybridized carbons (Fsp3) is 0.538. The normalized spacial score (nSPS) is 33.4. The molecule has 28 heavy (non-hydrogen) atoms. The monoisotopic (exact) mass is 376 g/mol. The van der Waals surface area contributed by atoms with Gasteiger partial charge in [0, 0.05) is 0 Å². The van der Waals surface area contributed by atoms with Crippen LogP contribution in [0.1, 0.15) is 71.9 Å². The number of hydrogen-bond acceptors (Lipinski definition) is 2. The van der Waals surface area contributed by atoms with Crippen LogP contribution in [0.3, 0.4) is 0 Å². The van der Waals surface area contributed by atoms with Gasteiger partial charge in [-0.2, -0.15) is 0 Å². The van der Waals surface area contributed by atoms with Crippen LogP contribution in [0, 0.1) is 39.5 Å². The maximum atomic E-state index is 10.1. The molecule has 0 spiro atoms. The first-order valence-corrected chi connectivity index (χ1v) is 10.8. The number of benzene rings is 2. The van der Waals surface area contributed by atoms with Crippen molar-refractivity contribution in [2.45, 2.75) is 77.0 Å². The molecule has 0 unspecified atom stereocenters. The first kappa shape index (κ1) is 18.1. The van der Waals surface area contributed by atoms with Crippen LogP contribution in [0.15, 0.2) is 24.3 Å². The van der Waals surface area contributed by atoms with Gasteiger partial charge >= 0.3 is 0 Å². The average molecular weight is 377 g/mol. The van der Waals surface area contributed by atoms with Crippen molar-refractivity contribution < 1.29 is 10.2 Å². The highest BCUT2D eigenvalue weighted by molar-refractivity contribution is 5.51. The lowest BCUT2D eigenvalue weighted by atomic mass is 9.41. The van der Waals surface area contributed by atoms with Gasteiger partial charge in [-0.15, -0.1) is 0 Å². The van der Waals surface area contributed by atoms with Crippen LogP contribution in [-0.2, 0) is 10.8 Å². The van der Waals surface area contributed by atoms with Crippen molar-refractivity contribution in [1.29, 1.82) is 0 Å². The molecule has 148 valence electrons. The van der Waals surface area contributed by atoms with Crippen molar-refractivity contribution >= 4 is 0 Å². The minimum absolute atomic E-state index is 0.239. The van der Waals surface area contributed by atoms with E-state index >= 15 is 0 Å². The summed E-state index contributed by atoms with van der Waals surface area (Å²) in [4.78, 5) is 0. The van der Waals surface area contributed by atoms with Gasteiger partial charge in [0.15, 0.2) is 0 Å². The molecule has 2 aromatic rings. The van der Waals surface area contributed by atoms with Crippen molar-refractivity contribution in [2.24, 2.45) is 11.8 Å². The molecule has 2 nitrogen and oxygen atoms in total. The van der Waals surface area contributed by atoms with Crippen LogP contribution in [-0.4, -0.2) is 10.2 Å². The Morgan fingerprint density at radius 2 is 0.964 bits per heavy atom. The number of phenols is 2. The fourth-order valence-corrected chi connectivity index (χ4v) is 8.40. The maximum absolute atomic E-state index is 10.1. The molecule has 0 saturated heterocycles. The van der Waals surface area contributed by atoms with Gasteiger partial charge in [0.05, 0.1) is 0 Å². The van der Waals surface area contributed by atoms with Crippen LogP contribution in [0.5, 0.6) is 11.5 Å². The molecule has 4 fully saturated rings. The Morgan fingerprint density at radius 3 is 1.29 bits per heavy atom. The molecule has 4 saturated carbocycles. The van der Waals surface area contributed by atoms with E-state index in [-0.39, 0.29) is 10.8 Å². The maximum Gasteiger partial charge on any atom is 0.116 e. The summed E-state index contributed by atoms with van der Waals surface area (Å²) in [6, 6.07) is 7.85. The zero-order valence-electron chi connectivity index (χ0n) is 17.6. The van der Waals surface area contributed by atoms with Crippen LogP contribution in [0.4, 0.5) is 0 Å². The molecule has 0 aliphatic heterocycles. The van der Waals surface area contributed by atoms with Crippen molar-refractivity contribution in [3.8, 4) is 11.5 Å². The molecule has 2 aromatic carbocycles. The summed E-state index contributed by atoms with van der Waals surface area (Å²) >= 11 is 0. The highest BCUT2D eigenvalue weighted by Gasteiger charge is 2.59. The van der Waals surface area contributed by atoms with E-state index in [0.717, 1.165) is 11.8 Å². The molecule has 0 heterocycles. The van der Waals surface area contributed by atoms with E-state index in [1.165, 1.54) is 71.9 Å². The van der Waals surface area contributed by atoms with Crippen molar-refractivity contribution in [3.63, 3.8) is 0 Å². The van der Waals surface area contributed by atoms with Crippen LogP contribution < -0.4 is 0 Å². The largest absolute Gasteiger partial charge is 0.508 e. The third-order valence-electron chi connectivity index (χ3n) is 8.16. The molecule has 4 aliphatic rings. The molecule has 0 amide bonds. The van der Waals surface area contributed by atoms with E-state index < -0.39 is 0 Å². The van der Waals surface area contributed by atoms with E-state index in [9.17, 15) is 10.2 Å². The van der Waals surface area contributed by atoms with Crippen LogP contribution >= 0.6 is 0 Å². The van der Waals surface area contributed by atoms with Crippen molar-refractivity contribution in [3.05, 3.63) is 57.6 Å². The molecule has 0 aromatic heterocycles.